The van der Waals surface area contributed by atoms with E-state index in [0.29, 0.717) is 0 Å². The Bertz CT molecular complexity index is 191. The molecule has 1 atom stereocenters. The highest BCUT2D eigenvalue weighted by Gasteiger charge is 2.20. The second kappa shape index (κ2) is 2.02. The van der Waals surface area contributed by atoms with Crippen LogP contribution in [0.1, 0.15) is 6.92 Å². The topological polar surface area (TPSA) is 55.3 Å². The van der Waals surface area contributed by atoms with Crippen molar-refractivity contribution < 1.29 is 0 Å². The zero-order chi connectivity index (χ0) is 7.78. The fourth-order valence-corrected chi connectivity index (χ4v) is 0.788. The van der Waals surface area contributed by atoms with Gasteiger partial charge in [-0.05, 0) is 19.1 Å². The summed E-state index contributed by atoms with van der Waals surface area (Å²) in [6.45, 7) is 1.92. The Morgan fingerprint density at radius 3 is 2.60 bits per heavy atom. The van der Waals surface area contributed by atoms with Crippen molar-refractivity contribution in [3.05, 3.63) is 24.0 Å². The predicted molar refractivity (Wildman–Crippen MR) is 41.8 cm³/mol. The zero-order valence-corrected chi connectivity index (χ0v) is 6.33. The van der Waals surface area contributed by atoms with E-state index in [1.165, 1.54) is 0 Å². The van der Waals surface area contributed by atoms with Gasteiger partial charge >= 0.3 is 0 Å². The minimum absolute atomic E-state index is 0.386. The molecule has 56 valence electrons. The van der Waals surface area contributed by atoms with Gasteiger partial charge in [0.1, 0.15) is 5.66 Å². The van der Waals surface area contributed by atoms with Crippen molar-refractivity contribution in [3.8, 4) is 0 Å². The molecule has 0 saturated carbocycles. The Morgan fingerprint density at radius 2 is 2.20 bits per heavy atom. The second-order valence-corrected chi connectivity index (χ2v) is 2.80. The molecular weight excluding hydrogens is 126 g/mol. The van der Waals surface area contributed by atoms with E-state index in [1.807, 2.05) is 37.2 Å². The SMILES string of the molecule is CN1C=C(N)C=CC1(C)N. The Labute approximate surface area is 61.0 Å². The van der Waals surface area contributed by atoms with Gasteiger partial charge in [-0.1, -0.05) is 0 Å². The van der Waals surface area contributed by atoms with E-state index in [9.17, 15) is 0 Å². The fraction of sp³-hybridized carbons (Fsp3) is 0.429. The molecule has 0 spiro atoms. The average Bonchev–Trinajstić information content (AvgIpc) is 1.81. The number of rotatable bonds is 0. The molecule has 0 saturated heterocycles. The van der Waals surface area contributed by atoms with Crippen molar-refractivity contribution in [2.45, 2.75) is 12.6 Å². The van der Waals surface area contributed by atoms with Crippen molar-refractivity contribution >= 4 is 0 Å². The van der Waals surface area contributed by atoms with Gasteiger partial charge in [-0.15, -0.1) is 0 Å². The quantitative estimate of drug-likeness (QED) is 0.495. The van der Waals surface area contributed by atoms with Crippen LogP contribution in [0.2, 0.25) is 0 Å². The minimum Gasteiger partial charge on any atom is -0.398 e. The van der Waals surface area contributed by atoms with Crippen LogP contribution in [-0.2, 0) is 0 Å². The van der Waals surface area contributed by atoms with Crippen molar-refractivity contribution in [2.75, 3.05) is 7.05 Å². The van der Waals surface area contributed by atoms with Gasteiger partial charge in [-0.2, -0.15) is 0 Å². The lowest BCUT2D eigenvalue weighted by Gasteiger charge is -2.34. The van der Waals surface area contributed by atoms with Crippen LogP contribution in [0.3, 0.4) is 0 Å². The van der Waals surface area contributed by atoms with Crippen LogP contribution < -0.4 is 11.5 Å². The zero-order valence-electron chi connectivity index (χ0n) is 6.33. The smallest absolute Gasteiger partial charge is 0.104 e. The van der Waals surface area contributed by atoms with Crippen molar-refractivity contribution in [1.29, 1.82) is 0 Å². The van der Waals surface area contributed by atoms with Crippen molar-refractivity contribution in [2.24, 2.45) is 11.5 Å². The van der Waals surface area contributed by atoms with Crippen LogP contribution in [0.15, 0.2) is 24.0 Å². The first-order valence-corrected chi connectivity index (χ1v) is 3.21. The molecule has 0 radical (unpaired) electrons. The summed E-state index contributed by atoms with van der Waals surface area (Å²) in [4.78, 5) is 1.88. The van der Waals surface area contributed by atoms with Gasteiger partial charge in [-0.3, -0.25) is 0 Å². The summed E-state index contributed by atoms with van der Waals surface area (Å²) >= 11 is 0. The maximum Gasteiger partial charge on any atom is 0.104 e. The van der Waals surface area contributed by atoms with Gasteiger partial charge in [0.2, 0.25) is 0 Å². The number of hydrogen-bond donors (Lipinski definition) is 2. The molecule has 1 aliphatic rings. The van der Waals surface area contributed by atoms with E-state index < -0.39 is 0 Å². The van der Waals surface area contributed by atoms with Crippen molar-refractivity contribution in [1.82, 2.24) is 4.90 Å². The van der Waals surface area contributed by atoms with Gasteiger partial charge in [0, 0.05) is 18.9 Å². The Morgan fingerprint density at radius 1 is 1.60 bits per heavy atom. The third kappa shape index (κ3) is 1.14. The Kier molecular flexibility index (Phi) is 1.45. The standard InChI is InChI=1S/C7H13N3/c1-7(9)4-3-6(8)5-10(7)2/h3-5H,8-9H2,1-2H3. The molecular formula is C7H13N3. The van der Waals surface area contributed by atoms with Crippen molar-refractivity contribution in [3.63, 3.8) is 0 Å². The highest BCUT2D eigenvalue weighted by atomic mass is 15.2. The molecule has 1 aliphatic heterocycles. The molecule has 0 fully saturated rings. The third-order valence-electron chi connectivity index (χ3n) is 1.72. The largest absolute Gasteiger partial charge is 0.398 e. The first-order chi connectivity index (χ1) is 4.52. The van der Waals surface area contributed by atoms with Gasteiger partial charge in [0.15, 0.2) is 0 Å². The molecule has 0 amide bonds. The lowest BCUT2D eigenvalue weighted by Crippen LogP contribution is -2.49. The van der Waals surface area contributed by atoms with E-state index in [4.69, 9.17) is 11.5 Å². The van der Waals surface area contributed by atoms with E-state index in [2.05, 4.69) is 0 Å². The molecule has 0 bridgehead atoms. The third-order valence-corrected chi connectivity index (χ3v) is 1.72. The molecule has 0 aliphatic carbocycles. The summed E-state index contributed by atoms with van der Waals surface area (Å²) in [6, 6.07) is 0. The fourth-order valence-electron chi connectivity index (χ4n) is 0.788. The number of allylic oxidation sites excluding steroid dienone is 1. The first-order valence-electron chi connectivity index (χ1n) is 3.21. The van der Waals surface area contributed by atoms with E-state index in [0.717, 1.165) is 5.70 Å². The first kappa shape index (κ1) is 7.15. The maximum atomic E-state index is 5.82. The molecule has 4 N–H and O–H groups in total. The number of nitrogens with zero attached hydrogens (tertiary/aromatic N) is 1. The van der Waals surface area contributed by atoms with Gasteiger partial charge < -0.3 is 16.4 Å². The van der Waals surface area contributed by atoms with Crippen LogP contribution in [-0.4, -0.2) is 17.6 Å². The van der Waals surface area contributed by atoms with Gasteiger partial charge in [-0.25, -0.2) is 0 Å². The lowest BCUT2D eigenvalue weighted by molar-refractivity contribution is 0.264. The normalized spacial score (nSPS) is 32.3. The molecule has 0 aromatic rings. The molecule has 3 nitrogen and oxygen atoms in total. The summed E-state index contributed by atoms with van der Waals surface area (Å²) in [5.41, 5.74) is 11.7. The Balaban J connectivity index is 2.84. The molecule has 1 heterocycles. The molecule has 10 heavy (non-hydrogen) atoms. The minimum atomic E-state index is -0.386. The van der Waals surface area contributed by atoms with Gasteiger partial charge in [0.05, 0.1) is 0 Å². The van der Waals surface area contributed by atoms with Crippen LogP contribution >= 0.6 is 0 Å². The molecule has 1 rings (SSSR count). The van der Waals surface area contributed by atoms with Crippen LogP contribution in [0.25, 0.3) is 0 Å². The highest BCUT2D eigenvalue weighted by Crippen LogP contribution is 2.13. The lowest BCUT2D eigenvalue weighted by atomic mass is 10.1. The van der Waals surface area contributed by atoms with Crippen LogP contribution in [0.5, 0.6) is 0 Å². The summed E-state index contributed by atoms with van der Waals surface area (Å²) < 4.78 is 0. The number of nitrogens with two attached hydrogens (primary N) is 2. The van der Waals surface area contributed by atoms with E-state index >= 15 is 0 Å². The summed E-state index contributed by atoms with van der Waals surface area (Å²) in [6.07, 6.45) is 5.52. The Hall–Kier alpha value is -0.960. The second-order valence-electron chi connectivity index (χ2n) is 2.80. The van der Waals surface area contributed by atoms with Crippen LogP contribution in [0, 0.1) is 0 Å². The monoisotopic (exact) mass is 139 g/mol. The molecule has 0 aromatic carbocycles. The molecule has 1 unspecified atom stereocenters. The predicted octanol–water partition coefficient (Wildman–Crippen LogP) is -0.0370. The average molecular weight is 139 g/mol. The number of likely N-dealkylation sites (N-methyl/N-ethyl adjacent to an activating group) is 1. The summed E-state index contributed by atoms with van der Waals surface area (Å²) in [7, 11) is 1.90. The molecule has 3 heteroatoms. The number of hydrogen-bond acceptors (Lipinski definition) is 3. The summed E-state index contributed by atoms with van der Waals surface area (Å²) in [5, 5.41) is 0. The van der Waals surface area contributed by atoms with E-state index in [1.54, 1.807) is 0 Å². The molecule has 0 aromatic heterocycles. The highest BCUT2D eigenvalue weighted by molar-refractivity contribution is 5.23. The van der Waals surface area contributed by atoms with Crippen LogP contribution in [0.4, 0.5) is 0 Å². The maximum absolute atomic E-state index is 5.82. The van der Waals surface area contributed by atoms with Gasteiger partial charge in [0.25, 0.3) is 0 Å². The summed E-state index contributed by atoms with van der Waals surface area (Å²) in [5.74, 6) is 0. The van der Waals surface area contributed by atoms with E-state index in [-0.39, 0.29) is 5.66 Å².